The zero-order chi connectivity index (χ0) is 20.5. The van der Waals surface area contributed by atoms with Gasteiger partial charge in [-0.15, -0.1) is 0 Å². The number of amides is 1. The third kappa shape index (κ3) is 3.56. The third-order valence-electron chi connectivity index (χ3n) is 4.74. The van der Waals surface area contributed by atoms with Gasteiger partial charge in [0.2, 0.25) is 5.91 Å². The average molecular weight is 391 g/mol. The molecule has 4 aromatic rings. The molecule has 0 aliphatic rings. The molecule has 0 atom stereocenters. The van der Waals surface area contributed by atoms with Gasteiger partial charge in [0.15, 0.2) is 5.52 Å². The Morgan fingerprint density at radius 2 is 1.83 bits per heavy atom. The fourth-order valence-corrected chi connectivity index (χ4v) is 3.37. The van der Waals surface area contributed by atoms with Gasteiger partial charge in [-0.25, -0.2) is 9.36 Å². The minimum absolute atomic E-state index is 0.188. The first-order chi connectivity index (χ1) is 13.9. The van der Waals surface area contributed by atoms with Crippen molar-refractivity contribution in [3.63, 3.8) is 0 Å². The fourth-order valence-electron chi connectivity index (χ4n) is 3.37. The van der Waals surface area contributed by atoms with Gasteiger partial charge in [-0.05, 0) is 45.0 Å². The first-order valence-corrected chi connectivity index (χ1v) is 9.28. The van der Waals surface area contributed by atoms with E-state index in [2.05, 4.69) is 15.5 Å². The highest BCUT2D eigenvalue weighted by molar-refractivity contribution is 5.83. The Bertz CT molecular complexity index is 1250. The van der Waals surface area contributed by atoms with E-state index < -0.39 is 5.56 Å². The molecule has 0 aliphatic heterocycles. The molecule has 0 spiro atoms. The van der Waals surface area contributed by atoms with Crippen LogP contribution in [0, 0.1) is 20.8 Å². The summed E-state index contributed by atoms with van der Waals surface area (Å²) in [6, 6.07) is 13.2. The summed E-state index contributed by atoms with van der Waals surface area (Å²) >= 11 is 0. The maximum absolute atomic E-state index is 12.9. The highest BCUT2D eigenvalue weighted by atomic mass is 16.3. The van der Waals surface area contributed by atoms with Crippen LogP contribution in [0.1, 0.15) is 22.9 Å². The van der Waals surface area contributed by atoms with Gasteiger partial charge in [0, 0.05) is 0 Å². The number of aryl methyl sites for hydroxylation is 3. The number of para-hydroxylation sites is 1. The second kappa shape index (κ2) is 7.38. The van der Waals surface area contributed by atoms with E-state index in [9.17, 15) is 9.59 Å². The molecule has 8 heteroatoms. The normalized spacial score (nSPS) is 11.1. The molecular weight excluding hydrogens is 370 g/mol. The lowest BCUT2D eigenvalue weighted by Gasteiger charge is -2.07. The van der Waals surface area contributed by atoms with Crippen LogP contribution in [0.25, 0.3) is 16.6 Å². The summed E-state index contributed by atoms with van der Waals surface area (Å²) in [7, 11) is 0. The van der Waals surface area contributed by atoms with E-state index in [4.69, 9.17) is 4.42 Å². The van der Waals surface area contributed by atoms with Crippen molar-refractivity contribution >= 4 is 16.8 Å². The van der Waals surface area contributed by atoms with Crippen molar-refractivity contribution in [2.45, 2.75) is 33.9 Å². The lowest BCUT2D eigenvalue weighted by Crippen LogP contribution is -2.33. The second-order valence-electron chi connectivity index (χ2n) is 6.89. The number of rotatable bonds is 5. The van der Waals surface area contributed by atoms with Crippen LogP contribution < -0.4 is 10.9 Å². The highest BCUT2D eigenvalue weighted by Gasteiger charge is 2.18. The third-order valence-corrected chi connectivity index (χ3v) is 4.74. The van der Waals surface area contributed by atoms with Crippen LogP contribution in [0.15, 0.2) is 51.7 Å². The van der Waals surface area contributed by atoms with Crippen LogP contribution in [0.5, 0.6) is 0 Å². The number of carbonyl (C=O) groups is 1. The minimum atomic E-state index is -0.396. The SMILES string of the molecule is Cc1ccc(CNC(=O)Cn2nc(C)c3c(C)n(-c4ccccc4)nc3c2=O)o1. The molecule has 8 nitrogen and oxygen atoms in total. The number of aromatic nitrogens is 4. The standard InChI is InChI=1S/C21H21N5O3/c1-13-9-10-17(29-13)11-22-18(27)12-25-21(28)20-19(14(2)23-25)15(3)26(24-20)16-7-5-4-6-8-16/h4-10H,11-12H2,1-3H3,(H,22,27). The van der Waals surface area contributed by atoms with E-state index in [-0.39, 0.29) is 19.0 Å². The Hall–Kier alpha value is -3.68. The molecule has 3 aromatic heterocycles. The molecule has 0 fully saturated rings. The Morgan fingerprint density at radius 3 is 2.52 bits per heavy atom. The van der Waals surface area contributed by atoms with E-state index in [0.717, 1.165) is 21.8 Å². The van der Waals surface area contributed by atoms with E-state index in [1.807, 2.05) is 57.2 Å². The summed E-state index contributed by atoms with van der Waals surface area (Å²) in [4.78, 5) is 25.2. The fraction of sp³-hybridized carbons (Fsp3) is 0.238. The molecule has 148 valence electrons. The molecule has 29 heavy (non-hydrogen) atoms. The molecule has 0 bridgehead atoms. The molecule has 0 radical (unpaired) electrons. The maximum Gasteiger partial charge on any atom is 0.295 e. The summed E-state index contributed by atoms with van der Waals surface area (Å²) < 4.78 is 8.31. The topological polar surface area (TPSA) is 95.0 Å². The summed E-state index contributed by atoms with van der Waals surface area (Å²) in [5.74, 6) is 1.10. The smallest absolute Gasteiger partial charge is 0.295 e. The van der Waals surface area contributed by atoms with Gasteiger partial charge in [0.1, 0.15) is 18.1 Å². The molecule has 0 saturated carbocycles. The summed E-state index contributed by atoms with van der Waals surface area (Å²) in [5, 5.41) is 12.3. The molecule has 1 N–H and O–H groups in total. The van der Waals surface area contributed by atoms with Crippen molar-refractivity contribution in [1.82, 2.24) is 24.9 Å². The highest BCUT2D eigenvalue weighted by Crippen LogP contribution is 2.20. The van der Waals surface area contributed by atoms with Gasteiger partial charge in [0.25, 0.3) is 5.56 Å². The summed E-state index contributed by atoms with van der Waals surface area (Å²) in [6.07, 6.45) is 0. The first-order valence-electron chi connectivity index (χ1n) is 9.28. The molecule has 0 unspecified atom stereocenters. The van der Waals surface area contributed by atoms with Crippen LogP contribution in [0.4, 0.5) is 0 Å². The maximum atomic E-state index is 12.9. The largest absolute Gasteiger partial charge is 0.465 e. The number of benzene rings is 1. The monoisotopic (exact) mass is 391 g/mol. The van der Waals surface area contributed by atoms with E-state index in [0.29, 0.717) is 22.4 Å². The molecule has 0 aliphatic carbocycles. The molecular formula is C21H21N5O3. The van der Waals surface area contributed by atoms with E-state index in [1.165, 1.54) is 0 Å². The van der Waals surface area contributed by atoms with Crippen LogP contribution >= 0.6 is 0 Å². The minimum Gasteiger partial charge on any atom is -0.465 e. The van der Waals surface area contributed by atoms with Crippen molar-refractivity contribution in [3.05, 3.63) is 75.7 Å². The molecule has 1 amide bonds. The molecule has 0 saturated heterocycles. The van der Waals surface area contributed by atoms with Crippen LogP contribution in [0.2, 0.25) is 0 Å². The van der Waals surface area contributed by atoms with Crippen molar-refractivity contribution in [2.24, 2.45) is 0 Å². The van der Waals surface area contributed by atoms with Gasteiger partial charge < -0.3 is 9.73 Å². The number of nitrogens with one attached hydrogen (secondary N) is 1. The predicted molar refractivity (Wildman–Crippen MR) is 108 cm³/mol. The van der Waals surface area contributed by atoms with Gasteiger partial charge >= 0.3 is 0 Å². The number of hydrogen-bond donors (Lipinski definition) is 1. The zero-order valence-electron chi connectivity index (χ0n) is 16.5. The Morgan fingerprint density at radius 1 is 1.07 bits per heavy atom. The molecule has 1 aromatic carbocycles. The number of furan rings is 1. The van der Waals surface area contributed by atoms with Crippen molar-refractivity contribution in [3.8, 4) is 5.69 Å². The Balaban J connectivity index is 1.63. The molecule has 3 heterocycles. The van der Waals surface area contributed by atoms with Crippen LogP contribution in [-0.2, 0) is 17.9 Å². The quantitative estimate of drug-likeness (QED) is 0.564. The van der Waals surface area contributed by atoms with Gasteiger partial charge in [-0.1, -0.05) is 18.2 Å². The number of carbonyl (C=O) groups excluding carboxylic acids is 1. The van der Waals surface area contributed by atoms with Crippen molar-refractivity contribution in [1.29, 1.82) is 0 Å². The van der Waals surface area contributed by atoms with E-state index in [1.54, 1.807) is 10.7 Å². The Labute approximate surface area is 166 Å². The average Bonchev–Trinajstić information content (AvgIpc) is 3.28. The van der Waals surface area contributed by atoms with Crippen LogP contribution in [0.3, 0.4) is 0 Å². The van der Waals surface area contributed by atoms with Crippen LogP contribution in [-0.4, -0.2) is 25.5 Å². The Kier molecular flexibility index (Phi) is 4.75. The first kappa shape index (κ1) is 18.7. The van der Waals surface area contributed by atoms with E-state index >= 15 is 0 Å². The predicted octanol–water partition coefficient (Wildman–Crippen LogP) is 2.42. The number of fused-ring (bicyclic) bond motifs is 1. The number of nitrogens with zero attached hydrogens (tertiary/aromatic N) is 4. The second-order valence-corrected chi connectivity index (χ2v) is 6.89. The van der Waals surface area contributed by atoms with Crippen molar-refractivity contribution in [2.75, 3.05) is 0 Å². The lowest BCUT2D eigenvalue weighted by atomic mass is 10.2. The van der Waals surface area contributed by atoms with Gasteiger partial charge in [-0.2, -0.15) is 10.2 Å². The van der Waals surface area contributed by atoms with Gasteiger partial charge in [-0.3, -0.25) is 9.59 Å². The zero-order valence-corrected chi connectivity index (χ0v) is 16.5. The van der Waals surface area contributed by atoms with Crippen molar-refractivity contribution < 1.29 is 9.21 Å². The van der Waals surface area contributed by atoms with Gasteiger partial charge in [0.05, 0.1) is 29.0 Å². The number of hydrogen-bond acceptors (Lipinski definition) is 5. The summed E-state index contributed by atoms with van der Waals surface area (Å²) in [6.45, 7) is 5.62. The molecule has 4 rings (SSSR count). The summed E-state index contributed by atoms with van der Waals surface area (Å²) in [5.41, 5.74) is 2.24. The lowest BCUT2D eigenvalue weighted by molar-refractivity contribution is -0.122.